The maximum Gasteiger partial charge on any atom is 0.220 e. The molecule has 1 amide bonds. The van der Waals surface area contributed by atoms with E-state index in [4.69, 9.17) is 0 Å². The molecule has 0 bridgehead atoms. The molecule has 0 aromatic carbocycles. The molecule has 1 aliphatic rings. The Morgan fingerprint density at radius 1 is 1.15 bits per heavy atom. The molecule has 0 aromatic heterocycles. The van der Waals surface area contributed by atoms with Crippen LogP contribution in [0.3, 0.4) is 0 Å². The van der Waals surface area contributed by atoms with E-state index in [1.54, 1.807) is 0 Å². The van der Waals surface area contributed by atoms with E-state index in [0.717, 1.165) is 19.3 Å². The molecule has 0 heterocycles. The van der Waals surface area contributed by atoms with E-state index in [0.29, 0.717) is 17.9 Å². The summed E-state index contributed by atoms with van der Waals surface area (Å²) in [4.78, 5) is 11.9. The molecule has 1 unspecified atom stereocenters. The van der Waals surface area contributed by atoms with Crippen LogP contribution in [0.4, 0.5) is 0 Å². The molecule has 1 rings (SSSR count). The van der Waals surface area contributed by atoms with E-state index >= 15 is 0 Å². The van der Waals surface area contributed by atoms with E-state index in [1.807, 2.05) is 0 Å². The number of carbonyl (C=O) groups is 1. The topological polar surface area (TPSA) is 29.1 Å². The molecular formula is C18H35NO. The number of hydrogen-bond donors (Lipinski definition) is 1. The summed E-state index contributed by atoms with van der Waals surface area (Å²) >= 11 is 0. The van der Waals surface area contributed by atoms with Crippen molar-refractivity contribution >= 4 is 5.91 Å². The fraction of sp³-hybridized carbons (Fsp3) is 0.944. The fourth-order valence-electron chi connectivity index (χ4n) is 4.41. The van der Waals surface area contributed by atoms with Crippen LogP contribution in [0, 0.1) is 16.2 Å². The largest absolute Gasteiger partial charge is 0.353 e. The van der Waals surface area contributed by atoms with Gasteiger partial charge in [-0.05, 0) is 41.9 Å². The lowest BCUT2D eigenvalue weighted by Crippen LogP contribution is -2.53. The number of amides is 1. The van der Waals surface area contributed by atoms with Crippen LogP contribution in [0.2, 0.25) is 0 Å². The first-order chi connectivity index (χ1) is 9.03. The van der Waals surface area contributed by atoms with Crippen LogP contribution in [0.25, 0.3) is 0 Å². The Morgan fingerprint density at radius 2 is 1.70 bits per heavy atom. The van der Waals surface area contributed by atoms with Crippen LogP contribution >= 0.6 is 0 Å². The van der Waals surface area contributed by atoms with Crippen molar-refractivity contribution in [1.29, 1.82) is 0 Å². The van der Waals surface area contributed by atoms with Gasteiger partial charge in [0, 0.05) is 12.5 Å². The third-order valence-corrected chi connectivity index (χ3v) is 5.46. The van der Waals surface area contributed by atoms with Gasteiger partial charge in [-0.15, -0.1) is 0 Å². The van der Waals surface area contributed by atoms with E-state index in [1.165, 1.54) is 12.8 Å². The van der Waals surface area contributed by atoms with Gasteiger partial charge >= 0.3 is 0 Å². The molecule has 0 saturated heterocycles. The van der Waals surface area contributed by atoms with Gasteiger partial charge < -0.3 is 5.32 Å². The molecule has 0 radical (unpaired) electrons. The molecule has 0 spiro atoms. The van der Waals surface area contributed by atoms with Gasteiger partial charge in [-0.1, -0.05) is 54.9 Å². The smallest absolute Gasteiger partial charge is 0.220 e. The van der Waals surface area contributed by atoms with Gasteiger partial charge in [-0.3, -0.25) is 4.79 Å². The number of rotatable bonds is 3. The van der Waals surface area contributed by atoms with Crippen molar-refractivity contribution in [1.82, 2.24) is 5.32 Å². The summed E-state index contributed by atoms with van der Waals surface area (Å²) in [6.07, 6.45) is 6.36. The van der Waals surface area contributed by atoms with Crippen molar-refractivity contribution in [3.8, 4) is 0 Å². The van der Waals surface area contributed by atoms with Gasteiger partial charge in [0.15, 0.2) is 0 Å². The molecular weight excluding hydrogens is 246 g/mol. The summed E-state index contributed by atoms with van der Waals surface area (Å²) in [6, 6.07) is 0.362. The molecule has 1 atom stereocenters. The maximum atomic E-state index is 11.9. The van der Waals surface area contributed by atoms with E-state index in [2.05, 4.69) is 53.8 Å². The minimum Gasteiger partial charge on any atom is -0.353 e. The summed E-state index contributed by atoms with van der Waals surface area (Å²) in [5, 5.41) is 3.28. The second-order valence-corrected chi connectivity index (χ2v) is 8.69. The van der Waals surface area contributed by atoms with Crippen molar-refractivity contribution in [3.05, 3.63) is 0 Å². The average Bonchev–Trinajstić information content (AvgIpc) is 2.26. The molecule has 118 valence electrons. The highest BCUT2D eigenvalue weighted by molar-refractivity contribution is 5.76. The summed E-state index contributed by atoms with van der Waals surface area (Å²) < 4.78 is 0. The maximum absolute atomic E-state index is 11.9. The van der Waals surface area contributed by atoms with Gasteiger partial charge in [-0.25, -0.2) is 0 Å². The second-order valence-electron chi connectivity index (χ2n) is 8.69. The summed E-state index contributed by atoms with van der Waals surface area (Å²) in [5.41, 5.74) is 0.821. The van der Waals surface area contributed by atoms with E-state index in [9.17, 15) is 4.79 Å². The van der Waals surface area contributed by atoms with E-state index in [-0.39, 0.29) is 16.7 Å². The Balaban J connectivity index is 2.91. The van der Waals surface area contributed by atoms with Crippen molar-refractivity contribution in [2.75, 3.05) is 0 Å². The van der Waals surface area contributed by atoms with Crippen LogP contribution in [0.15, 0.2) is 0 Å². The van der Waals surface area contributed by atoms with Gasteiger partial charge in [0.1, 0.15) is 0 Å². The Labute approximate surface area is 126 Å². The lowest BCUT2D eigenvalue weighted by Gasteiger charge is -2.57. The number of carbonyl (C=O) groups excluding carboxylic acids is 1. The molecule has 1 fully saturated rings. The zero-order chi connectivity index (χ0) is 15.6. The standard InChI is InChI=1S/C18H35NO/c1-8-10-15(20)19-14-11-9-12-18(13-14,16(2,3)4)17(5,6)7/h14H,8-13H2,1-7H3,(H,19,20). The minimum absolute atomic E-state index is 0.233. The van der Waals surface area contributed by atoms with Gasteiger partial charge in [-0.2, -0.15) is 0 Å². The lowest BCUT2D eigenvalue weighted by atomic mass is 9.48. The van der Waals surface area contributed by atoms with Crippen molar-refractivity contribution in [2.24, 2.45) is 16.2 Å². The predicted molar refractivity (Wildman–Crippen MR) is 86.6 cm³/mol. The zero-order valence-electron chi connectivity index (χ0n) is 14.7. The number of nitrogens with one attached hydrogen (secondary N) is 1. The van der Waals surface area contributed by atoms with Crippen LogP contribution in [0.1, 0.15) is 87.0 Å². The Morgan fingerprint density at radius 3 is 2.15 bits per heavy atom. The first-order valence-electron chi connectivity index (χ1n) is 8.33. The van der Waals surface area contributed by atoms with Crippen molar-refractivity contribution in [3.63, 3.8) is 0 Å². The van der Waals surface area contributed by atoms with Crippen molar-refractivity contribution in [2.45, 2.75) is 93.0 Å². The summed E-state index contributed by atoms with van der Waals surface area (Å²) in [5.74, 6) is 0.233. The average molecular weight is 281 g/mol. The second kappa shape index (κ2) is 6.07. The molecule has 1 N–H and O–H groups in total. The predicted octanol–water partition coefficient (Wildman–Crippen LogP) is 4.92. The number of hydrogen-bond acceptors (Lipinski definition) is 1. The molecule has 20 heavy (non-hydrogen) atoms. The first-order valence-corrected chi connectivity index (χ1v) is 8.33. The van der Waals surface area contributed by atoms with E-state index < -0.39 is 0 Å². The SMILES string of the molecule is CCCC(=O)NC1CCCC(C(C)(C)C)(C(C)(C)C)C1. The van der Waals surface area contributed by atoms with Gasteiger partial charge in [0.25, 0.3) is 0 Å². The summed E-state index contributed by atoms with van der Waals surface area (Å²) in [6.45, 7) is 16.3. The lowest BCUT2D eigenvalue weighted by molar-refractivity contribution is -0.124. The Kier molecular flexibility index (Phi) is 5.32. The van der Waals surface area contributed by atoms with Crippen molar-refractivity contribution < 1.29 is 4.79 Å². The zero-order valence-corrected chi connectivity index (χ0v) is 14.7. The van der Waals surface area contributed by atoms with Gasteiger partial charge in [0.05, 0.1) is 0 Å². The highest BCUT2D eigenvalue weighted by Gasteiger charge is 2.52. The quantitative estimate of drug-likeness (QED) is 0.781. The Hall–Kier alpha value is -0.530. The Bertz CT molecular complexity index is 318. The third-order valence-electron chi connectivity index (χ3n) is 5.46. The minimum atomic E-state index is 0.233. The first kappa shape index (κ1) is 17.5. The van der Waals surface area contributed by atoms with Crippen LogP contribution in [-0.4, -0.2) is 11.9 Å². The highest BCUT2D eigenvalue weighted by Crippen LogP contribution is 2.59. The fourth-order valence-corrected chi connectivity index (χ4v) is 4.41. The monoisotopic (exact) mass is 281 g/mol. The van der Waals surface area contributed by atoms with Gasteiger partial charge in [0.2, 0.25) is 5.91 Å². The van der Waals surface area contributed by atoms with Crippen LogP contribution < -0.4 is 5.32 Å². The highest BCUT2D eigenvalue weighted by atomic mass is 16.1. The third kappa shape index (κ3) is 3.56. The molecule has 0 aromatic rings. The normalized spacial score (nSPS) is 23.4. The molecule has 0 aliphatic heterocycles. The molecule has 2 nitrogen and oxygen atoms in total. The molecule has 1 saturated carbocycles. The molecule has 2 heteroatoms. The summed E-state index contributed by atoms with van der Waals surface area (Å²) in [7, 11) is 0. The van der Waals surface area contributed by atoms with Crippen LogP contribution in [0.5, 0.6) is 0 Å². The molecule has 1 aliphatic carbocycles. The van der Waals surface area contributed by atoms with Crippen LogP contribution in [-0.2, 0) is 4.79 Å².